The summed E-state index contributed by atoms with van der Waals surface area (Å²) in [5.41, 5.74) is 0. The van der Waals surface area contributed by atoms with E-state index in [-0.39, 0.29) is 11.9 Å². The Morgan fingerprint density at radius 3 is 2.69 bits per heavy atom. The summed E-state index contributed by atoms with van der Waals surface area (Å²) in [5.74, 6) is -0.00903. The Hall–Kier alpha value is -1.04. The molecule has 0 rings (SSSR count). The fourth-order valence-electron chi connectivity index (χ4n) is 1.27. The van der Waals surface area contributed by atoms with E-state index in [0.29, 0.717) is 19.4 Å². The minimum absolute atomic E-state index is 0.175. The Morgan fingerprint density at radius 2 is 2.23 bits per heavy atom. The van der Waals surface area contributed by atoms with Crippen LogP contribution in [0.2, 0.25) is 0 Å². The number of rotatable bonds is 6. The summed E-state index contributed by atoms with van der Waals surface area (Å²) in [6.07, 6.45) is 2.76. The molecule has 3 heteroatoms. The number of carbonyl (C=O) groups is 1. The van der Waals surface area contributed by atoms with Gasteiger partial charge in [0.2, 0.25) is 0 Å². The highest BCUT2D eigenvalue weighted by Gasteiger charge is 2.13. The first-order valence-corrected chi connectivity index (χ1v) is 4.77. The maximum atomic E-state index is 11.1. The van der Waals surface area contributed by atoms with Crippen LogP contribution >= 0.6 is 0 Å². The van der Waals surface area contributed by atoms with Crippen molar-refractivity contribution in [2.75, 3.05) is 6.61 Å². The fourth-order valence-corrected chi connectivity index (χ4v) is 1.27. The van der Waals surface area contributed by atoms with Gasteiger partial charge in [0.1, 0.15) is 0 Å². The highest BCUT2D eigenvalue weighted by Crippen LogP contribution is 2.15. The first-order valence-electron chi connectivity index (χ1n) is 4.77. The molecule has 0 fully saturated rings. The lowest BCUT2D eigenvalue weighted by Crippen LogP contribution is -2.11. The summed E-state index contributed by atoms with van der Waals surface area (Å²) in [6, 6.07) is 2.09. The van der Waals surface area contributed by atoms with Gasteiger partial charge in [0.05, 0.1) is 12.7 Å². The fraction of sp³-hybridized carbons (Fsp3) is 0.800. The molecule has 0 bridgehead atoms. The van der Waals surface area contributed by atoms with Crippen molar-refractivity contribution in [3.05, 3.63) is 0 Å². The van der Waals surface area contributed by atoms with Gasteiger partial charge in [0.15, 0.2) is 0 Å². The van der Waals surface area contributed by atoms with Crippen LogP contribution < -0.4 is 0 Å². The number of esters is 1. The van der Waals surface area contributed by atoms with Gasteiger partial charge >= 0.3 is 5.97 Å². The predicted octanol–water partition coefficient (Wildman–Crippen LogP) is 2.27. The van der Waals surface area contributed by atoms with Gasteiger partial charge in [-0.25, -0.2) is 0 Å². The van der Waals surface area contributed by atoms with E-state index in [2.05, 4.69) is 13.0 Å². The summed E-state index contributed by atoms with van der Waals surface area (Å²) < 4.78 is 4.82. The molecule has 0 aliphatic heterocycles. The van der Waals surface area contributed by atoms with Gasteiger partial charge in [-0.15, -0.1) is 0 Å². The van der Waals surface area contributed by atoms with Crippen LogP contribution in [0.5, 0.6) is 0 Å². The van der Waals surface area contributed by atoms with Crippen LogP contribution in [-0.2, 0) is 9.53 Å². The number of nitrogens with zero attached hydrogens (tertiary/aromatic N) is 1. The van der Waals surface area contributed by atoms with Crippen LogP contribution in [0.25, 0.3) is 0 Å². The third-order valence-electron chi connectivity index (χ3n) is 1.84. The lowest BCUT2D eigenvalue weighted by molar-refractivity contribution is -0.144. The monoisotopic (exact) mass is 183 g/mol. The Labute approximate surface area is 79.7 Å². The van der Waals surface area contributed by atoms with E-state index in [0.717, 1.165) is 12.8 Å². The molecule has 0 aliphatic carbocycles. The molecule has 13 heavy (non-hydrogen) atoms. The summed E-state index contributed by atoms with van der Waals surface area (Å²) in [4.78, 5) is 11.1. The van der Waals surface area contributed by atoms with Crippen molar-refractivity contribution >= 4 is 5.97 Å². The zero-order chi connectivity index (χ0) is 10.1. The molecule has 74 valence electrons. The largest absolute Gasteiger partial charge is 0.466 e. The summed E-state index contributed by atoms with van der Waals surface area (Å²) in [7, 11) is 0. The molecule has 0 aromatic heterocycles. The van der Waals surface area contributed by atoms with Crippen molar-refractivity contribution in [1.29, 1.82) is 5.26 Å². The van der Waals surface area contributed by atoms with Crippen LogP contribution in [-0.4, -0.2) is 12.6 Å². The molecule has 0 heterocycles. The van der Waals surface area contributed by atoms with E-state index in [1.807, 2.05) is 0 Å². The maximum absolute atomic E-state index is 11.1. The SMILES string of the molecule is CCCC(CC#N)CC(=O)OCC. The van der Waals surface area contributed by atoms with E-state index in [4.69, 9.17) is 10.00 Å². The molecule has 0 saturated carbocycles. The van der Waals surface area contributed by atoms with Gasteiger partial charge < -0.3 is 4.74 Å². The zero-order valence-corrected chi connectivity index (χ0v) is 8.38. The molecule has 1 atom stereocenters. The Morgan fingerprint density at radius 1 is 1.54 bits per heavy atom. The molecule has 0 aromatic carbocycles. The summed E-state index contributed by atoms with van der Waals surface area (Å²) in [5, 5.41) is 8.50. The van der Waals surface area contributed by atoms with Crippen molar-refractivity contribution in [3.63, 3.8) is 0 Å². The quantitative estimate of drug-likeness (QED) is 0.593. The lowest BCUT2D eigenvalue weighted by atomic mass is 9.97. The van der Waals surface area contributed by atoms with Gasteiger partial charge in [0.25, 0.3) is 0 Å². The standard InChI is InChI=1S/C10H17NO2/c1-3-5-9(6-7-11)8-10(12)13-4-2/h9H,3-6,8H2,1-2H3. The molecule has 0 aromatic rings. The molecule has 0 aliphatic rings. The van der Waals surface area contributed by atoms with Crippen LogP contribution in [0, 0.1) is 17.2 Å². The lowest BCUT2D eigenvalue weighted by Gasteiger charge is -2.10. The van der Waals surface area contributed by atoms with Crippen molar-refractivity contribution in [1.82, 2.24) is 0 Å². The van der Waals surface area contributed by atoms with Crippen molar-refractivity contribution in [2.24, 2.45) is 5.92 Å². The van der Waals surface area contributed by atoms with Gasteiger partial charge in [0, 0.05) is 12.8 Å². The number of nitriles is 1. The van der Waals surface area contributed by atoms with Crippen LogP contribution in [0.1, 0.15) is 39.5 Å². The first-order chi connectivity index (χ1) is 6.24. The van der Waals surface area contributed by atoms with E-state index in [9.17, 15) is 4.79 Å². The minimum atomic E-state index is -0.184. The van der Waals surface area contributed by atoms with Gasteiger partial charge in [-0.1, -0.05) is 13.3 Å². The van der Waals surface area contributed by atoms with Gasteiger partial charge in [-0.05, 0) is 19.3 Å². The summed E-state index contributed by atoms with van der Waals surface area (Å²) >= 11 is 0. The minimum Gasteiger partial charge on any atom is -0.466 e. The number of carbonyl (C=O) groups excluding carboxylic acids is 1. The highest BCUT2D eigenvalue weighted by atomic mass is 16.5. The van der Waals surface area contributed by atoms with E-state index >= 15 is 0 Å². The van der Waals surface area contributed by atoms with Crippen LogP contribution in [0.15, 0.2) is 0 Å². The normalized spacial score (nSPS) is 11.8. The van der Waals surface area contributed by atoms with Crippen LogP contribution in [0.4, 0.5) is 0 Å². The zero-order valence-electron chi connectivity index (χ0n) is 8.38. The molecule has 0 spiro atoms. The molecular weight excluding hydrogens is 166 g/mol. The van der Waals surface area contributed by atoms with Crippen LogP contribution in [0.3, 0.4) is 0 Å². The Balaban J connectivity index is 3.80. The summed E-state index contributed by atoms with van der Waals surface area (Å²) in [6.45, 7) is 4.26. The Bertz CT molecular complexity index is 184. The Kier molecular flexibility index (Phi) is 6.99. The first kappa shape index (κ1) is 12.0. The second-order valence-corrected chi connectivity index (χ2v) is 3.03. The second-order valence-electron chi connectivity index (χ2n) is 3.03. The molecular formula is C10H17NO2. The molecule has 0 amide bonds. The number of ether oxygens (including phenoxy) is 1. The highest BCUT2D eigenvalue weighted by molar-refractivity contribution is 5.69. The average molecular weight is 183 g/mol. The smallest absolute Gasteiger partial charge is 0.306 e. The third-order valence-corrected chi connectivity index (χ3v) is 1.84. The molecule has 0 radical (unpaired) electrons. The van der Waals surface area contributed by atoms with Crippen molar-refractivity contribution in [2.45, 2.75) is 39.5 Å². The average Bonchev–Trinajstić information content (AvgIpc) is 2.05. The predicted molar refractivity (Wildman–Crippen MR) is 49.9 cm³/mol. The van der Waals surface area contributed by atoms with Gasteiger partial charge in [-0.3, -0.25) is 4.79 Å². The van der Waals surface area contributed by atoms with E-state index in [1.165, 1.54) is 0 Å². The van der Waals surface area contributed by atoms with E-state index < -0.39 is 0 Å². The topological polar surface area (TPSA) is 50.1 Å². The molecule has 1 unspecified atom stereocenters. The molecule has 0 N–H and O–H groups in total. The van der Waals surface area contributed by atoms with E-state index in [1.54, 1.807) is 6.92 Å². The molecule has 0 saturated heterocycles. The van der Waals surface area contributed by atoms with Crippen molar-refractivity contribution in [3.8, 4) is 6.07 Å². The second kappa shape index (κ2) is 7.60. The van der Waals surface area contributed by atoms with Crippen molar-refractivity contribution < 1.29 is 9.53 Å². The van der Waals surface area contributed by atoms with Gasteiger partial charge in [-0.2, -0.15) is 5.26 Å². The maximum Gasteiger partial charge on any atom is 0.306 e. The number of hydrogen-bond donors (Lipinski definition) is 0. The third kappa shape index (κ3) is 6.15. The number of hydrogen-bond acceptors (Lipinski definition) is 3. The molecule has 3 nitrogen and oxygen atoms in total.